The number of nitrogens with zero attached hydrogens (tertiary/aromatic N) is 1. The summed E-state index contributed by atoms with van der Waals surface area (Å²) >= 11 is 0. The summed E-state index contributed by atoms with van der Waals surface area (Å²) in [6, 6.07) is 9.80. The molecule has 1 aromatic rings. The van der Waals surface area contributed by atoms with E-state index in [1.807, 2.05) is 58.0 Å². The average molecular weight is 492 g/mol. The summed E-state index contributed by atoms with van der Waals surface area (Å²) < 4.78 is 5.51. The molecule has 0 aliphatic rings. The van der Waals surface area contributed by atoms with Crippen molar-refractivity contribution >= 4 is 35.8 Å². The number of halogens is 1. The third kappa shape index (κ3) is 13.4. The summed E-state index contributed by atoms with van der Waals surface area (Å²) in [7, 11) is 0. The monoisotopic (exact) mass is 492 g/mol. The lowest BCUT2D eigenvalue weighted by Gasteiger charge is -2.20. The molecular weight excluding hydrogens is 459 g/mol. The number of aliphatic hydroxyl groups is 1. The molecule has 1 atom stereocenters. The number of carbonyl (C=O) groups excluding carboxylic acids is 1. The summed E-state index contributed by atoms with van der Waals surface area (Å²) in [5, 5.41) is 18.9. The minimum atomic E-state index is -0.675. The van der Waals surface area contributed by atoms with E-state index >= 15 is 0 Å². The van der Waals surface area contributed by atoms with Gasteiger partial charge in [-0.3, -0.25) is 4.79 Å². The normalized spacial score (nSPS) is 12.7. The van der Waals surface area contributed by atoms with E-state index in [0.717, 1.165) is 5.56 Å². The maximum Gasteiger partial charge on any atom is 0.242 e. The quantitative estimate of drug-likeness (QED) is 0.239. The van der Waals surface area contributed by atoms with E-state index in [4.69, 9.17) is 4.74 Å². The van der Waals surface area contributed by atoms with E-state index in [1.54, 1.807) is 0 Å². The molecule has 0 aliphatic carbocycles. The first-order valence-electron chi connectivity index (χ1n) is 8.93. The number of rotatable bonds is 9. The van der Waals surface area contributed by atoms with Crippen molar-refractivity contribution in [1.82, 2.24) is 16.0 Å². The SMILES string of the molecule is CCNC(=NCC(=O)NC(C)(C)C)NCC(O)COCc1ccccc1.I. The topological polar surface area (TPSA) is 95.0 Å². The lowest BCUT2D eigenvalue weighted by Crippen LogP contribution is -2.44. The Hall–Kier alpha value is -1.39. The highest BCUT2D eigenvalue weighted by atomic mass is 127. The summed E-state index contributed by atoms with van der Waals surface area (Å²) in [5.74, 6) is 0.333. The van der Waals surface area contributed by atoms with Crippen molar-refractivity contribution in [3.63, 3.8) is 0 Å². The van der Waals surface area contributed by atoms with Crippen molar-refractivity contribution in [2.75, 3.05) is 26.2 Å². The van der Waals surface area contributed by atoms with Gasteiger partial charge in [0.2, 0.25) is 5.91 Å². The Morgan fingerprint density at radius 1 is 1.22 bits per heavy atom. The second-order valence-electron chi connectivity index (χ2n) is 7.03. The minimum Gasteiger partial charge on any atom is -0.389 e. The Morgan fingerprint density at radius 2 is 1.89 bits per heavy atom. The zero-order valence-corrected chi connectivity index (χ0v) is 18.9. The van der Waals surface area contributed by atoms with Crippen LogP contribution in [0.4, 0.5) is 0 Å². The van der Waals surface area contributed by atoms with Crippen LogP contribution < -0.4 is 16.0 Å². The van der Waals surface area contributed by atoms with Gasteiger partial charge in [0, 0.05) is 18.6 Å². The molecule has 7 nitrogen and oxygen atoms in total. The Kier molecular flexibility index (Phi) is 13.0. The van der Waals surface area contributed by atoms with Gasteiger partial charge in [-0.2, -0.15) is 0 Å². The van der Waals surface area contributed by atoms with Crippen LogP contribution in [0.5, 0.6) is 0 Å². The molecule has 0 radical (unpaired) electrons. The molecule has 154 valence electrons. The summed E-state index contributed by atoms with van der Waals surface area (Å²) in [6.07, 6.45) is -0.675. The van der Waals surface area contributed by atoms with Gasteiger partial charge < -0.3 is 25.8 Å². The molecule has 0 saturated heterocycles. The number of aliphatic imine (C=N–C) groups is 1. The van der Waals surface area contributed by atoms with Crippen LogP contribution in [0, 0.1) is 0 Å². The van der Waals surface area contributed by atoms with Crippen LogP contribution in [0.1, 0.15) is 33.3 Å². The first-order chi connectivity index (χ1) is 12.3. The second-order valence-corrected chi connectivity index (χ2v) is 7.03. The third-order valence-corrected chi connectivity index (χ3v) is 3.17. The molecule has 0 saturated carbocycles. The largest absolute Gasteiger partial charge is 0.389 e. The first-order valence-corrected chi connectivity index (χ1v) is 8.93. The van der Waals surface area contributed by atoms with Crippen LogP contribution in [0.15, 0.2) is 35.3 Å². The molecule has 4 N–H and O–H groups in total. The molecule has 1 amide bonds. The van der Waals surface area contributed by atoms with E-state index in [1.165, 1.54) is 0 Å². The van der Waals surface area contributed by atoms with Crippen molar-refractivity contribution < 1.29 is 14.6 Å². The minimum absolute atomic E-state index is 0. The van der Waals surface area contributed by atoms with Crippen LogP contribution in [0.3, 0.4) is 0 Å². The van der Waals surface area contributed by atoms with Gasteiger partial charge in [0.25, 0.3) is 0 Å². The van der Waals surface area contributed by atoms with Crippen LogP contribution in [0.2, 0.25) is 0 Å². The molecule has 1 rings (SSSR count). The lowest BCUT2D eigenvalue weighted by atomic mass is 10.1. The third-order valence-electron chi connectivity index (χ3n) is 3.17. The standard InChI is InChI=1S/C19H32N4O3.HI/c1-5-20-18(22-12-17(25)23-19(2,3)4)21-11-16(24)14-26-13-15-9-7-6-8-10-15;/h6-10,16,24H,5,11-14H2,1-4H3,(H,23,25)(H2,20,21,22);1H. The lowest BCUT2D eigenvalue weighted by molar-refractivity contribution is -0.121. The summed E-state index contributed by atoms with van der Waals surface area (Å²) in [6.45, 7) is 9.33. The number of hydrogen-bond acceptors (Lipinski definition) is 4. The highest BCUT2D eigenvalue weighted by Gasteiger charge is 2.13. The van der Waals surface area contributed by atoms with E-state index in [0.29, 0.717) is 19.1 Å². The Labute approximate surface area is 179 Å². The van der Waals surface area contributed by atoms with Gasteiger partial charge in [-0.25, -0.2) is 4.99 Å². The number of guanidine groups is 1. The molecule has 0 spiro atoms. The second kappa shape index (κ2) is 13.7. The van der Waals surface area contributed by atoms with Gasteiger partial charge in [0.1, 0.15) is 6.54 Å². The van der Waals surface area contributed by atoms with E-state index < -0.39 is 6.10 Å². The van der Waals surface area contributed by atoms with Crippen LogP contribution in [0.25, 0.3) is 0 Å². The predicted molar refractivity (Wildman–Crippen MR) is 119 cm³/mol. The Bertz CT molecular complexity index is 562. The molecule has 0 fully saturated rings. The first kappa shape index (κ1) is 25.6. The van der Waals surface area contributed by atoms with Gasteiger partial charge in [-0.1, -0.05) is 30.3 Å². The van der Waals surface area contributed by atoms with Crippen molar-refractivity contribution in [2.45, 2.75) is 45.9 Å². The number of benzene rings is 1. The number of ether oxygens (including phenoxy) is 1. The molecule has 0 bridgehead atoms. The molecule has 1 unspecified atom stereocenters. The predicted octanol–water partition coefficient (Wildman–Crippen LogP) is 1.65. The number of nitrogens with one attached hydrogen (secondary N) is 3. The van der Waals surface area contributed by atoms with Crippen LogP contribution in [-0.4, -0.2) is 54.9 Å². The molecule has 0 aliphatic heterocycles. The van der Waals surface area contributed by atoms with Gasteiger partial charge in [0.15, 0.2) is 5.96 Å². The molecular formula is C19H33IN4O3. The number of amides is 1. The van der Waals surface area contributed by atoms with Gasteiger partial charge in [-0.15, -0.1) is 24.0 Å². The van der Waals surface area contributed by atoms with Crippen molar-refractivity contribution in [1.29, 1.82) is 0 Å². The average Bonchev–Trinajstić information content (AvgIpc) is 2.57. The number of hydrogen-bond donors (Lipinski definition) is 4. The zero-order valence-electron chi connectivity index (χ0n) is 16.6. The van der Waals surface area contributed by atoms with Crippen molar-refractivity contribution in [3.05, 3.63) is 35.9 Å². The van der Waals surface area contributed by atoms with Crippen molar-refractivity contribution in [2.24, 2.45) is 4.99 Å². The molecule has 27 heavy (non-hydrogen) atoms. The Balaban J connectivity index is 0.00000676. The highest BCUT2D eigenvalue weighted by molar-refractivity contribution is 14.0. The molecule has 1 aromatic carbocycles. The van der Waals surface area contributed by atoms with E-state index in [2.05, 4.69) is 20.9 Å². The maximum atomic E-state index is 11.8. The molecule has 0 heterocycles. The molecule has 8 heteroatoms. The fraction of sp³-hybridized carbons (Fsp3) is 0.579. The van der Waals surface area contributed by atoms with E-state index in [-0.39, 0.29) is 55.1 Å². The van der Waals surface area contributed by atoms with Gasteiger partial charge in [0.05, 0.1) is 19.3 Å². The van der Waals surface area contributed by atoms with Crippen LogP contribution >= 0.6 is 24.0 Å². The van der Waals surface area contributed by atoms with Crippen LogP contribution in [-0.2, 0) is 16.1 Å². The maximum absolute atomic E-state index is 11.8. The van der Waals surface area contributed by atoms with E-state index in [9.17, 15) is 9.90 Å². The Morgan fingerprint density at radius 3 is 2.48 bits per heavy atom. The fourth-order valence-electron chi connectivity index (χ4n) is 2.11. The van der Waals surface area contributed by atoms with Crippen molar-refractivity contribution in [3.8, 4) is 0 Å². The zero-order chi connectivity index (χ0) is 19.4. The van der Waals surface area contributed by atoms with Gasteiger partial charge in [-0.05, 0) is 33.3 Å². The van der Waals surface area contributed by atoms with Gasteiger partial charge >= 0.3 is 0 Å². The molecule has 0 aromatic heterocycles. The highest BCUT2D eigenvalue weighted by Crippen LogP contribution is 2.01. The summed E-state index contributed by atoms with van der Waals surface area (Å²) in [4.78, 5) is 16.1. The smallest absolute Gasteiger partial charge is 0.242 e. The number of aliphatic hydroxyl groups excluding tert-OH is 1. The fourth-order valence-corrected chi connectivity index (χ4v) is 2.11. The summed E-state index contributed by atoms with van der Waals surface area (Å²) in [5.41, 5.74) is 0.775. The number of carbonyl (C=O) groups is 1.